The fourth-order valence-corrected chi connectivity index (χ4v) is 2.95. The zero-order valence-electron chi connectivity index (χ0n) is 14.5. The van der Waals surface area contributed by atoms with Crippen LogP contribution in [0.1, 0.15) is 45.6 Å². The second-order valence-electron chi connectivity index (χ2n) is 6.67. The van der Waals surface area contributed by atoms with Crippen LogP contribution < -0.4 is 0 Å². The average molecular weight is 306 g/mol. The van der Waals surface area contributed by atoms with E-state index in [2.05, 4.69) is 33.9 Å². The van der Waals surface area contributed by atoms with Gasteiger partial charge in [-0.15, -0.1) is 0 Å². The molecule has 1 aromatic carbocycles. The van der Waals surface area contributed by atoms with Crippen LogP contribution in [0.2, 0.25) is 0 Å². The molecule has 0 aliphatic heterocycles. The molecule has 0 atom stereocenters. The van der Waals surface area contributed by atoms with Crippen LogP contribution in [0.15, 0.2) is 72.4 Å². The van der Waals surface area contributed by atoms with Crippen LogP contribution in [0.3, 0.4) is 0 Å². The molecule has 1 nitrogen and oxygen atoms in total. The number of benzene rings is 1. The van der Waals surface area contributed by atoms with Gasteiger partial charge in [-0.3, -0.25) is 4.79 Å². The van der Waals surface area contributed by atoms with Crippen molar-refractivity contribution >= 4 is 11.4 Å². The summed E-state index contributed by atoms with van der Waals surface area (Å²) >= 11 is 0. The van der Waals surface area contributed by atoms with E-state index in [1.807, 2.05) is 36.4 Å². The zero-order chi connectivity index (χ0) is 17.0. The number of carbonyl (C=O) groups excluding carboxylic acids is 1. The quantitative estimate of drug-likeness (QED) is 0.597. The fourth-order valence-electron chi connectivity index (χ4n) is 2.95. The van der Waals surface area contributed by atoms with Crippen molar-refractivity contribution < 1.29 is 4.79 Å². The third-order valence-corrected chi connectivity index (χ3v) is 4.88. The average Bonchev–Trinajstić information content (AvgIpc) is 2.94. The van der Waals surface area contributed by atoms with Crippen LogP contribution in [-0.2, 0) is 4.79 Å². The van der Waals surface area contributed by atoms with E-state index in [1.165, 1.54) is 0 Å². The number of Topliss-reactive ketones (excluding diaryl/α,β-unsaturated/α-hetero) is 1. The van der Waals surface area contributed by atoms with Crippen LogP contribution in [0.4, 0.5) is 0 Å². The van der Waals surface area contributed by atoms with Gasteiger partial charge in [0.05, 0.1) is 0 Å². The lowest BCUT2D eigenvalue weighted by Gasteiger charge is -2.29. The van der Waals surface area contributed by atoms with Crippen molar-refractivity contribution in [1.82, 2.24) is 0 Å². The molecule has 0 radical (unpaired) electrons. The highest BCUT2D eigenvalue weighted by Crippen LogP contribution is 2.43. The van der Waals surface area contributed by atoms with Gasteiger partial charge in [0, 0.05) is 12.0 Å². The highest BCUT2D eigenvalue weighted by atomic mass is 16.1. The molecule has 23 heavy (non-hydrogen) atoms. The molecule has 0 heterocycles. The summed E-state index contributed by atoms with van der Waals surface area (Å²) in [5, 5.41) is 0. The molecule has 1 heteroatoms. The maximum atomic E-state index is 12.5. The Labute approximate surface area is 140 Å². The smallest absolute Gasteiger partial charge is 0.164 e. The Kier molecular flexibility index (Phi) is 5.20. The number of ketones is 1. The van der Waals surface area contributed by atoms with Gasteiger partial charge in [0.25, 0.3) is 0 Å². The number of allylic oxidation sites excluding steroid dienone is 6. The van der Waals surface area contributed by atoms with Crippen LogP contribution >= 0.6 is 0 Å². The van der Waals surface area contributed by atoms with Gasteiger partial charge in [0.15, 0.2) is 5.78 Å². The minimum absolute atomic E-state index is 0.00468. The molecule has 0 fully saturated rings. The van der Waals surface area contributed by atoms with Crippen LogP contribution in [0.5, 0.6) is 0 Å². The van der Waals surface area contributed by atoms with E-state index in [9.17, 15) is 4.79 Å². The summed E-state index contributed by atoms with van der Waals surface area (Å²) in [6.45, 7) is 14.8. The number of rotatable bonds is 6. The highest BCUT2D eigenvalue weighted by molar-refractivity contribution is 6.24. The first-order valence-electron chi connectivity index (χ1n) is 8.27. The number of carbonyl (C=O) groups is 1. The molecule has 1 aliphatic rings. The monoisotopic (exact) mass is 306 g/mol. The first kappa shape index (κ1) is 17.2. The Morgan fingerprint density at radius 1 is 1.22 bits per heavy atom. The largest absolute Gasteiger partial charge is 0.294 e. The van der Waals surface area contributed by atoms with E-state index < -0.39 is 0 Å². The molecule has 0 saturated carbocycles. The predicted molar refractivity (Wildman–Crippen MR) is 99.1 cm³/mol. The molecule has 120 valence electrons. The first-order chi connectivity index (χ1) is 10.9. The second-order valence-corrected chi connectivity index (χ2v) is 6.67. The van der Waals surface area contributed by atoms with E-state index in [1.54, 1.807) is 6.08 Å². The van der Waals surface area contributed by atoms with Crippen molar-refractivity contribution in [1.29, 1.82) is 0 Å². The fraction of sp³-hybridized carbons (Fsp3) is 0.318. The molecule has 0 N–H and O–H groups in total. The van der Waals surface area contributed by atoms with Gasteiger partial charge in [-0.05, 0) is 40.5 Å². The SMILES string of the molecule is C=C/C=C(\C(=C)C(C)(C)CC)C1=C(c2ccccc2)C(=O)CC1. The Morgan fingerprint density at radius 2 is 1.87 bits per heavy atom. The van der Waals surface area contributed by atoms with Crippen molar-refractivity contribution in [3.63, 3.8) is 0 Å². The standard InChI is InChI=1S/C22H26O/c1-6-11-18(16(3)22(4,5)7-2)19-14-15-20(23)21(19)17-12-9-8-10-13-17/h6,8-13H,1,3,7,14-15H2,2,4-5H3/b18-11+. The maximum Gasteiger partial charge on any atom is 0.164 e. The summed E-state index contributed by atoms with van der Waals surface area (Å²) in [6, 6.07) is 9.96. The van der Waals surface area contributed by atoms with Crippen molar-refractivity contribution in [3.05, 3.63) is 77.9 Å². The molecule has 0 spiro atoms. The highest BCUT2D eigenvalue weighted by Gasteiger charge is 2.30. The van der Waals surface area contributed by atoms with Crippen LogP contribution in [-0.4, -0.2) is 5.78 Å². The zero-order valence-corrected chi connectivity index (χ0v) is 14.5. The van der Waals surface area contributed by atoms with E-state index in [0.717, 1.165) is 40.7 Å². The van der Waals surface area contributed by atoms with Gasteiger partial charge < -0.3 is 0 Å². The van der Waals surface area contributed by atoms with E-state index >= 15 is 0 Å². The van der Waals surface area contributed by atoms with Gasteiger partial charge in [0.2, 0.25) is 0 Å². The topological polar surface area (TPSA) is 17.1 Å². The third-order valence-electron chi connectivity index (χ3n) is 4.88. The molecule has 1 aromatic rings. The van der Waals surface area contributed by atoms with Crippen LogP contribution in [0, 0.1) is 5.41 Å². The van der Waals surface area contributed by atoms with Crippen molar-refractivity contribution in [2.45, 2.75) is 40.0 Å². The van der Waals surface area contributed by atoms with Crippen molar-refractivity contribution in [2.75, 3.05) is 0 Å². The predicted octanol–water partition coefficient (Wildman–Crippen LogP) is 5.91. The van der Waals surface area contributed by atoms with Gasteiger partial charge in [-0.2, -0.15) is 0 Å². The van der Waals surface area contributed by atoms with Gasteiger partial charge >= 0.3 is 0 Å². The first-order valence-corrected chi connectivity index (χ1v) is 8.27. The number of hydrogen-bond donors (Lipinski definition) is 0. The minimum Gasteiger partial charge on any atom is -0.294 e. The van der Waals surface area contributed by atoms with Crippen molar-refractivity contribution in [2.24, 2.45) is 5.41 Å². The molecule has 0 saturated heterocycles. The molecule has 2 rings (SSSR count). The maximum absolute atomic E-state index is 12.5. The summed E-state index contributed by atoms with van der Waals surface area (Å²) in [5.41, 5.74) is 5.13. The van der Waals surface area contributed by atoms with Crippen molar-refractivity contribution in [3.8, 4) is 0 Å². The summed E-state index contributed by atoms with van der Waals surface area (Å²) in [7, 11) is 0. The molecule has 0 aromatic heterocycles. The lowest BCUT2D eigenvalue weighted by Crippen LogP contribution is -2.15. The molecular formula is C22H26O. The van der Waals surface area contributed by atoms with Gasteiger partial charge in [0.1, 0.15) is 0 Å². The van der Waals surface area contributed by atoms with Gasteiger partial charge in [-0.25, -0.2) is 0 Å². The molecule has 0 amide bonds. The Morgan fingerprint density at radius 3 is 2.43 bits per heavy atom. The molecule has 0 bridgehead atoms. The third kappa shape index (κ3) is 3.44. The second kappa shape index (κ2) is 6.95. The molecule has 1 aliphatic carbocycles. The minimum atomic E-state index is -0.00468. The number of hydrogen-bond acceptors (Lipinski definition) is 1. The summed E-state index contributed by atoms with van der Waals surface area (Å²) in [4.78, 5) is 12.5. The van der Waals surface area contributed by atoms with Crippen LogP contribution in [0.25, 0.3) is 5.57 Å². The van der Waals surface area contributed by atoms with E-state index in [0.29, 0.717) is 6.42 Å². The van der Waals surface area contributed by atoms with E-state index in [-0.39, 0.29) is 11.2 Å². The molecular weight excluding hydrogens is 280 g/mol. The lowest BCUT2D eigenvalue weighted by atomic mass is 9.76. The summed E-state index contributed by atoms with van der Waals surface area (Å²) < 4.78 is 0. The normalized spacial score (nSPS) is 16.0. The Hall–Kier alpha value is -2.15. The van der Waals surface area contributed by atoms with Gasteiger partial charge in [-0.1, -0.05) is 76.4 Å². The Bertz CT molecular complexity index is 684. The van der Waals surface area contributed by atoms with E-state index in [4.69, 9.17) is 0 Å². The Balaban J connectivity index is 2.60. The summed E-state index contributed by atoms with van der Waals surface area (Å²) in [5.74, 6) is 0.225. The lowest BCUT2D eigenvalue weighted by molar-refractivity contribution is -0.113. The molecule has 0 unspecified atom stereocenters. The summed E-state index contributed by atoms with van der Waals surface area (Å²) in [6.07, 6.45) is 6.17.